The third-order valence-electron chi connectivity index (χ3n) is 3.83. The third kappa shape index (κ3) is 2.13. The van der Waals surface area contributed by atoms with Gasteiger partial charge < -0.3 is 5.73 Å². The zero-order valence-corrected chi connectivity index (χ0v) is 12.0. The fourth-order valence-corrected chi connectivity index (χ4v) is 2.66. The van der Waals surface area contributed by atoms with Crippen LogP contribution in [0.3, 0.4) is 0 Å². The summed E-state index contributed by atoms with van der Waals surface area (Å²) >= 11 is 0. The van der Waals surface area contributed by atoms with Gasteiger partial charge in [0.2, 0.25) is 0 Å². The van der Waals surface area contributed by atoms with E-state index < -0.39 is 0 Å². The molecule has 22 heavy (non-hydrogen) atoms. The first-order chi connectivity index (χ1) is 10.8. The number of pyridine rings is 1. The number of hydrogen-bond acceptors (Lipinski definition) is 2. The molecule has 0 radical (unpaired) electrons. The number of aromatic nitrogens is 2. The number of imidazole rings is 1. The third-order valence-corrected chi connectivity index (χ3v) is 3.83. The molecular formula is C19H15N3. The molecule has 3 heteroatoms. The number of nitrogen functional groups attached to an aromatic ring is 1. The van der Waals surface area contributed by atoms with Crippen LogP contribution < -0.4 is 5.73 Å². The van der Waals surface area contributed by atoms with Gasteiger partial charge in [0.25, 0.3) is 0 Å². The second-order valence-corrected chi connectivity index (χ2v) is 5.28. The molecule has 2 heterocycles. The maximum atomic E-state index is 5.75. The van der Waals surface area contributed by atoms with Gasteiger partial charge in [-0.05, 0) is 35.4 Å². The minimum Gasteiger partial charge on any atom is -0.399 e. The summed E-state index contributed by atoms with van der Waals surface area (Å²) in [7, 11) is 0. The number of fused-ring (bicyclic) bond motifs is 1. The fraction of sp³-hybridized carbons (Fsp3) is 0. The van der Waals surface area contributed by atoms with Crippen LogP contribution in [0, 0.1) is 0 Å². The zero-order valence-electron chi connectivity index (χ0n) is 12.0. The number of rotatable bonds is 2. The van der Waals surface area contributed by atoms with Gasteiger partial charge >= 0.3 is 0 Å². The van der Waals surface area contributed by atoms with E-state index in [0.29, 0.717) is 0 Å². The quantitative estimate of drug-likeness (QED) is 0.559. The van der Waals surface area contributed by atoms with Gasteiger partial charge in [0, 0.05) is 17.4 Å². The Morgan fingerprint density at radius 1 is 0.773 bits per heavy atom. The summed E-state index contributed by atoms with van der Waals surface area (Å²) in [4.78, 5) is 4.54. The van der Waals surface area contributed by atoms with E-state index in [1.807, 2.05) is 48.7 Å². The molecule has 0 atom stereocenters. The van der Waals surface area contributed by atoms with E-state index >= 15 is 0 Å². The molecule has 0 saturated carbocycles. The van der Waals surface area contributed by atoms with Crippen LogP contribution in [0.1, 0.15) is 0 Å². The Hall–Kier alpha value is -3.07. The summed E-state index contributed by atoms with van der Waals surface area (Å²) in [6.07, 6.45) is 3.98. The van der Waals surface area contributed by atoms with Crippen molar-refractivity contribution in [1.29, 1.82) is 0 Å². The van der Waals surface area contributed by atoms with Crippen LogP contribution in [0.25, 0.3) is 28.0 Å². The van der Waals surface area contributed by atoms with Crippen LogP contribution in [-0.4, -0.2) is 9.38 Å². The van der Waals surface area contributed by atoms with Crippen LogP contribution in [0.2, 0.25) is 0 Å². The first kappa shape index (κ1) is 12.7. The van der Waals surface area contributed by atoms with Crippen molar-refractivity contribution in [3.63, 3.8) is 0 Å². The van der Waals surface area contributed by atoms with E-state index in [1.54, 1.807) is 0 Å². The predicted molar refractivity (Wildman–Crippen MR) is 90.5 cm³/mol. The summed E-state index contributed by atoms with van der Waals surface area (Å²) in [5, 5.41) is 0. The minimum absolute atomic E-state index is 0.775. The van der Waals surface area contributed by atoms with E-state index in [-0.39, 0.29) is 0 Å². The normalized spacial score (nSPS) is 10.9. The largest absolute Gasteiger partial charge is 0.399 e. The van der Waals surface area contributed by atoms with Crippen LogP contribution in [-0.2, 0) is 0 Å². The SMILES string of the molecule is Nc1ccc(-c2ccn3c(-c4ccccc4)cnc3c2)cc1. The van der Waals surface area contributed by atoms with Gasteiger partial charge in [-0.2, -0.15) is 0 Å². The summed E-state index contributed by atoms with van der Waals surface area (Å²) in [5.74, 6) is 0. The number of nitrogens with zero attached hydrogens (tertiary/aromatic N) is 2. The number of nitrogens with two attached hydrogens (primary N) is 1. The monoisotopic (exact) mass is 285 g/mol. The number of benzene rings is 2. The van der Waals surface area contributed by atoms with E-state index in [1.165, 1.54) is 0 Å². The summed E-state index contributed by atoms with van der Waals surface area (Å²) < 4.78 is 2.11. The molecule has 0 unspecified atom stereocenters. The highest BCUT2D eigenvalue weighted by Gasteiger charge is 2.06. The second kappa shape index (κ2) is 5.04. The standard InChI is InChI=1S/C19H15N3/c20-17-8-6-14(7-9-17)16-10-11-22-18(13-21-19(22)12-16)15-4-2-1-3-5-15/h1-13H,20H2. The van der Waals surface area contributed by atoms with Gasteiger partial charge in [-0.15, -0.1) is 0 Å². The molecule has 2 aromatic heterocycles. The molecule has 0 fully saturated rings. The molecule has 0 aliphatic heterocycles. The van der Waals surface area contributed by atoms with Gasteiger partial charge in [0.05, 0.1) is 11.9 Å². The smallest absolute Gasteiger partial charge is 0.137 e. The van der Waals surface area contributed by atoms with E-state index in [4.69, 9.17) is 5.73 Å². The van der Waals surface area contributed by atoms with Gasteiger partial charge in [-0.3, -0.25) is 4.40 Å². The molecule has 0 saturated heterocycles. The van der Waals surface area contributed by atoms with Crippen LogP contribution in [0.4, 0.5) is 5.69 Å². The van der Waals surface area contributed by atoms with Crippen molar-refractivity contribution in [3.8, 4) is 22.4 Å². The highest BCUT2D eigenvalue weighted by molar-refractivity contribution is 5.71. The topological polar surface area (TPSA) is 43.3 Å². The Morgan fingerprint density at radius 3 is 2.32 bits per heavy atom. The molecule has 0 bridgehead atoms. The van der Waals surface area contributed by atoms with E-state index in [9.17, 15) is 0 Å². The Labute approximate surface area is 128 Å². The molecule has 0 amide bonds. The van der Waals surface area contributed by atoms with Crippen molar-refractivity contribution in [1.82, 2.24) is 9.38 Å². The van der Waals surface area contributed by atoms with Crippen molar-refractivity contribution in [2.24, 2.45) is 0 Å². The first-order valence-electron chi connectivity index (χ1n) is 7.20. The minimum atomic E-state index is 0.775. The lowest BCUT2D eigenvalue weighted by Crippen LogP contribution is -1.89. The van der Waals surface area contributed by atoms with Crippen molar-refractivity contribution in [2.75, 3.05) is 5.73 Å². The molecule has 4 aromatic rings. The summed E-state index contributed by atoms with van der Waals surface area (Å²) in [6, 6.07) is 22.4. The molecule has 0 spiro atoms. The van der Waals surface area contributed by atoms with Crippen molar-refractivity contribution in [3.05, 3.63) is 79.1 Å². The summed E-state index contributed by atoms with van der Waals surface area (Å²) in [5.41, 5.74) is 12.0. The Morgan fingerprint density at radius 2 is 1.55 bits per heavy atom. The molecule has 0 aliphatic rings. The molecule has 2 N–H and O–H groups in total. The van der Waals surface area contributed by atoms with Crippen molar-refractivity contribution < 1.29 is 0 Å². The zero-order chi connectivity index (χ0) is 14.9. The molecule has 2 aromatic carbocycles. The maximum Gasteiger partial charge on any atom is 0.137 e. The Kier molecular flexibility index (Phi) is 2.90. The lowest BCUT2D eigenvalue weighted by Gasteiger charge is -2.05. The van der Waals surface area contributed by atoms with Crippen LogP contribution in [0.15, 0.2) is 79.1 Å². The Balaban J connectivity index is 1.82. The highest BCUT2D eigenvalue weighted by Crippen LogP contribution is 2.25. The lowest BCUT2D eigenvalue weighted by atomic mass is 10.1. The van der Waals surface area contributed by atoms with Gasteiger partial charge in [-0.1, -0.05) is 42.5 Å². The fourth-order valence-electron chi connectivity index (χ4n) is 2.66. The molecule has 0 aliphatic carbocycles. The highest BCUT2D eigenvalue weighted by atomic mass is 15.0. The molecule has 3 nitrogen and oxygen atoms in total. The van der Waals surface area contributed by atoms with E-state index in [2.05, 4.69) is 39.8 Å². The second-order valence-electron chi connectivity index (χ2n) is 5.28. The molecule has 106 valence electrons. The average molecular weight is 285 g/mol. The maximum absolute atomic E-state index is 5.75. The predicted octanol–water partition coefficient (Wildman–Crippen LogP) is 4.25. The Bertz CT molecular complexity index is 922. The number of hydrogen-bond donors (Lipinski definition) is 1. The summed E-state index contributed by atoms with van der Waals surface area (Å²) in [6.45, 7) is 0. The van der Waals surface area contributed by atoms with Gasteiger partial charge in [0.1, 0.15) is 5.65 Å². The number of anilines is 1. The van der Waals surface area contributed by atoms with Crippen molar-refractivity contribution >= 4 is 11.3 Å². The van der Waals surface area contributed by atoms with E-state index in [0.717, 1.165) is 33.7 Å². The first-order valence-corrected chi connectivity index (χ1v) is 7.20. The van der Waals surface area contributed by atoms with Gasteiger partial charge in [-0.25, -0.2) is 4.98 Å². The molecular weight excluding hydrogens is 270 g/mol. The van der Waals surface area contributed by atoms with Crippen molar-refractivity contribution in [2.45, 2.75) is 0 Å². The van der Waals surface area contributed by atoms with Crippen LogP contribution in [0.5, 0.6) is 0 Å². The van der Waals surface area contributed by atoms with Crippen LogP contribution >= 0.6 is 0 Å². The average Bonchev–Trinajstić information content (AvgIpc) is 2.99. The lowest BCUT2D eigenvalue weighted by molar-refractivity contribution is 1.19. The van der Waals surface area contributed by atoms with Gasteiger partial charge in [0.15, 0.2) is 0 Å². The molecule has 4 rings (SSSR count).